The Morgan fingerprint density at radius 3 is 3.00 bits per heavy atom. The molecule has 1 aliphatic rings. The van der Waals surface area contributed by atoms with Gasteiger partial charge in [0.25, 0.3) is 0 Å². The third-order valence-electron chi connectivity index (χ3n) is 3.82. The number of fused-ring (bicyclic) bond motifs is 1. The Labute approximate surface area is 127 Å². The molecule has 0 saturated carbocycles. The smallest absolute Gasteiger partial charge is 0.228 e. The van der Waals surface area contributed by atoms with Crippen LogP contribution in [0.25, 0.3) is 0 Å². The topological polar surface area (TPSA) is 50.4 Å². The second-order valence-electron chi connectivity index (χ2n) is 5.49. The van der Waals surface area contributed by atoms with E-state index in [9.17, 15) is 4.79 Å². The normalized spacial score (nSPS) is 17.3. The minimum Gasteiger partial charge on any atom is -0.381 e. The molecule has 0 saturated heterocycles. The minimum atomic E-state index is -0.0732. The summed E-state index contributed by atoms with van der Waals surface area (Å²) in [5, 5.41) is 6.34. The number of amides is 1. The van der Waals surface area contributed by atoms with Gasteiger partial charge in [0.05, 0.1) is 5.92 Å². The number of carbonyl (C=O) groups is 1. The van der Waals surface area contributed by atoms with Crippen molar-refractivity contribution in [2.24, 2.45) is 0 Å². The van der Waals surface area contributed by atoms with Crippen LogP contribution in [-0.4, -0.2) is 32.2 Å². The van der Waals surface area contributed by atoms with Gasteiger partial charge in [-0.25, -0.2) is 0 Å². The van der Waals surface area contributed by atoms with Gasteiger partial charge in [0.1, 0.15) is 0 Å². The summed E-state index contributed by atoms with van der Waals surface area (Å²) in [6.07, 6.45) is 3.14. The minimum absolute atomic E-state index is 0.0732. The van der Waals surface area contributed by atoms with E-state index < -0.39 is 0 Å². The molecule has 0 radical (unpaired) electrons. The highest BCUT2D eigenvalue weighted by Gasteiger charge is 2.25. The molecule has 1 atom stereocenters. The number of carbonyl (C=O) groups excluding carboxylic acids is 1. The lowest BCUT2D eigenvalue weighted by atomic mass is 9.90. The van der Waals surface area contributed by atoms with Crippen molar-refractivity contribution in [2.45, 2.75) is 38.6 Å². The van der Waals surface area contributed by atoms with Crippen LogP contribution in [0.5, 0.6) is 0 Å². The third-order valence-corrected chi connectivity index (χ3v) is 3.82. The molecule has 1 amide bonds. The van der Waals surface area contributed by atoms with Crippen molar-refractivity contribution in [3.8, 4) is 0 Å². The number of benzene rings is 1. The molecule has 0 aromatic heterocycles. The highest BCUT2D eigenvalue weighted by molar-refractivity contribution is 5.84. The number of rotatable bonds is 8. The van der Waals surface area contributed by atoms with Gasteiger partial charge in [-0.3, -0.25) is 4.79 Å². The summed E-state index contributed by atoms with van der Waals surface area (Å²) in [4.78, 5) is 12.3. The largest absolute Gasteiger partial charge is 0.381 e. The lowest BCUT2D eigenvalue weighted by Gasteiger charge is -2.25. The van der Waals surface area contributed by atoms with E-state index in [1.54, 1.807) is 0 Å². The van der Waals surface area contributed by atoms with Crippen molar-refractivity contribution in [3.63, 3.8) is 0 Å². The van der Waals surface area contributed by atoms with E-state index in [4.69, 9.17) is 4.74 Å². The Morgan fingerprint density at radius 2 is 2.14 bits per heavy atom. The highest BCUT2D eigenvalue weighted by atomic mass is 16.5. The Morgan fingerprint density at radius 1 is 1.33 bits per heavy atom. The van der Waals surface area contributed by atoms with Crippen LogP contribution in [-0.2, 0) is 16.1 Å². The van der Waals surface area contributed by atoms with Crippen LogP contribution in [0.1, 0.15) is 43.2 Å². The van der Waals surface area contributed by atoms with Gasteiger partial charge in [-0.15, -0.1) is 0 Å². The molecule has 1 aromatic carbocycles. The molecule has 1 unspecified atom stereocenters. The van der Waals surface area contributed by atoms with Gasteiger partial charge in [-0.05, 0) is 24.0 Å². The Kier molecular flexibility index (Phi) is 6.70. The SMILES string of the molecule is CCCCOCCCNC(=O)C1CNCc2ccccc21. The average Bonchev–Trinajstić information content (AvgIpc) is 2.53. The first-order valence-electron chi connectivity index (χ1n) is 7.97. The van der Waals surface area contributed by atoms with Gasteiger partial charge < -0.3 is 15.4 Å². The molecular weight excluding hydrogens is 264 g/mol. The van der Waals surface area contributed by atoms with Gasteiger partial charge in [0, 0.05) is 32.8 Å². The average molecular weight is 290 g/mol. The Balaban J connectivity index is 1.72. The van der Waals surface area contributed by atoms with Crippen LogP contribution in [0, 0.1) is 0 Å². The summed E-state index contributed by atoms with van der Waals surface area (Å²) in [6, 6.07) is 8.18. The van der Waals surface area contributed by atoms with Crippen molar-refractivity contribution in [3.05, 3.63) is 35.4 Å². The van der Waals surface area contributed by atoms with Crippen molar-refractivity contribution in [2.75, 3.05) is 26.3 Å². The third kappa shape index (κ3) is 4.83. The summed E-state index contributed by atoms with van der Waals surface area (Å²) in [7, 11) is 0. The fourth-order valence-electron chi connectivity index (χ4n) is 2.59. The fraction of sp³-hybridized carbons (Fsp3) is 0.588. The van der Waals surface area contributed by atoms with Crippen molar-refractivity contribution >= 4 is 5.91 Å². The van der Waals surface area contributed by atoms with Gasteiger partial charge in [-0.1, -0.05) is 37.6 Å². The molecule has 21 heavy (non-hydrogen) atoms. The van der Waals surface area contributed by atoms with Gasteiger partial charge in [-0.2, -0.15) is 0 Å². The monoisotopic (exact) mass is 290 g/mol. The molecule has 0 spiro atoms. The zero-order valence-corrected chi connectivity index (χ0v) is 12.9. The zero-order valence-electron chi connectivity index (χ0n) is 12.9. The second-order valence-corrected chi connectivity index (χ2v) is 5.49. The Bertz CT molecular complexity index is 448. The van der Waals surface area contributed by atoms with E-state index in [2.05, 4.69) is 29.7 Å². The summed E-state index contributed by atoms with van der Waals surface area (Å²) >= 11 is 0. The van der Waals surface area contributed by atoms with E-state index in [-0.39, 0.29) is 11.8 Å². The van der Waals surface area contributed by atoms with Gasteiger partial charge in [0.15, 0.2) is 0 Å². The number of unbranched alkanes of at least 4 members (excludes halogenated alkanes) is 1. The van der Waals surface area contributed by atoms with Crippen molar-refractivity contribution < 1.29 is 9.53 Å². The first-order valence-corrected chi connectivity index (χ1v) is 7.97. The molecular formula is C17H26N2O2. The lowest BCUT2D eigenvalue weighted by Crippen LogP contribution is -2.39. The summed E-state index contributed by atoms with van der Waals surface area (Å²) in [5.41, 5.74) is 2.39. The van der Waals surface area contributed by atoms with Crippen LogP contribution < -0.4 is 10.6 Å². The molecule has 4 heteroatoms. The number of nitrogens with one attached hydrogen (secondary N) is 2. The van der Waals surface area contributed by atoms with E-state index >= 15 is 0 Å². The quantitative estimate of drug-likeness (QED) is 0.722. The first-order chi connectivity index (χ1) is 10.3. The molecule has 1 aliphatic heterocycles. The van der Waals surface area contributed by atoms with E-state index in [0.717, 1.165) is 51.1 Å². The summed E-state index contributed by atoms with van der Waals surface area (Å²) in [6.45, 7) is 5.95. The number of hydrogen-bond donors (Lipinski definition) is 2. The Hall–Kier alpha value is -1.39. The molecule has 2 N–H and O–H groups in total. The van der Waals surface area contributed by atoms with E-state index in [0.29, 0.717) is 6.54 Å². The first kappa shape index (κ1) is 16.0. The predicted octanol–water partition coefficient (Wildman–Crippen LogP) is 2.20. The lowest BCUT2D eigenvalue weighted by molar-refractivity contribution is -0.122. The molecule has 1 aromatic rings. The van der Waals surface area contributed by atoms with Crippen LogP contribution in [0.3, 0.4) is 0 Å². The molecule has 1 heterocycles. The molecule has 0 aliphatic carbocycles. The predicted molar refractivity (Wildman–Crippen MR) is 84.2 cm³/mol. The van der Waals surface area contributed by atoms with Crippen LogP contribution in [0.4, 0.5) is 0 Å². The highest BCUT2D eigenvalue weighted by Crippen LogP contribution is 2.23. The van der Waals surface area contributed by atoms with Crippen molar-refractivity contribution in [1.82, 2.24) is 10.6 Å². The standard InChI is InChI=1S/C17H26N2O2/c1-2-3-10-21-11-6-9-19-17(20)16-13-18-12-14-7-4-5-8-15(14)16/h4-5,7-8,16,18H,2-3,6,9-13H2,1H3,(H,19,20). The molecule has 2 rings (SSSR count). The molecule has 0 bridgehead atoms. The summed E-state index contributed by atoms with van der Waals surface area (Å²) in [5.74, 6) is 0.0409. The fourth-order valence-corrected chi connectivity index (χ4v) is 2.59. The molecule has 116 valence electrons. The van der Waals surface area contributed by atoms with Gasteiger partial charge >= 0.3 is 0 Å². The van der Waals surface area contributed by atoms with Gasteiger partial charge in [0.2, 0.25) is 5.91 Å². The maximum absolute atomic E-state index is 12.3. The molecule has 0 fully saturated rings. The van der Waals surface area contributed by atoms with Crippen molar-refractivity contribution in [1.29, 1.82) is 0 Å². The maximum Gasteiger partial charge on any atom is 0.228 e. The van der Waals surface area contributed by atoms with Crippen LogP contribution in [0.15, 0.2) is 24.3 Å². The molecule has 4 nitrogen and oxygen atoms in total. The summed E-state index contributed by atoms with van der Waals surface area (Å²) < 4.78 is 5.49. The van der Waals surface area contributed by atoms with Crippen LogP contribution >= 0.6 is 0 Å². The van der Waals surface area contributed by atoms with E-state index in [1.807, 2.05) is 12.1 Å². The van der Waals surface area contributed by atoms with Crippen LogP contribution in [0.2, 0.25) is 0 Å². The number of ether oxygens (including phenoxy) is 1. The number of hydrogen-bond acceptors (Lipinski definition) is 3. The maximum atomic E-state index is 12.3. The van der Waals surface area contributed by atoms with E-state index in [1.165, 1.54) is 5.56 Å². The second kappa shape index (κ2) is 8.80. The zero-order chi connectivity index (χ0) is 14.9.